The van der Waals surface area contributed by atoms with Gasteiger partial charge >= 0.3 is 0 Å². The molecule has 0 spiro atoms. The lowest BCUT2D eigenvalue weighted by Crippen LogP contribution is -2.19. The first-order valence-electron chi connectivity index (χ1n) is 9.25. The second-order valence-electron chi connectivity index (χ2n) is 6.87. The average molecular weight is 388 g/mol. The Balaban J connectivity index is 1.87. The van der Waals surface area contributed by atoms with E-state index in [2.05, 4.69) is 15.3 Å². The number of aromatic hydroxyl groups is 2. The molecule has 4 aromatic rings. The Morgan fingerprint density at radius 3 is 2.72 bits per heavy atom. The number of benzene rings is 2. The van der Waals surface area contributed by atoms with Crippen molar-refractivity contribution in [2.45, 2.75) is 13.0 Å². The molecule has 0 aliphatic heterocycles. The quantitative estimate of drug-likeness (QED) is 0.481. The summed E-state index contributed by atoms with van der Waals surface area (Å²) >= 11 is 0. The Morgan fingerprint density at radius 1 is 1.07 bits per heavy atom. The van der Waals surface area contributed by atoms with Gasteiger partial charge in [0.15, 0.2) is 11.5 Å². The van der Waals surface area contributed by atoms with Gasteiger partial charge in [-0.15, -0.1) is 0 Å². The lowest BCUT2D eigenvalue weighted by molar-refractivity contribution is -0.361. The van der Waals surface area contributed by atoms with Crippen molar-refractivity contribution in [3.8, 4) is 17.2 Å². The molecule has 4 rings (SSSR count). The van der Waals surface area contributed by atoms with E-state index in [4.69, 9.17) is 4.74 Å². The van der Waals surface area contributed by atoms with Crippen LogP contribution in [0.1, 0.15) is 22.7 Å². The van der Waals surface area contributed by atoms with Crippen molar-refractivity contribution in [3.05, 3.63) is 83.7 Å². The fourth-order valence-electron chi connectivity index (χ4n) is 3.41. The number of nitrogens with zero attached hydrogens (tertiary/aromatic N) is 1. The summed E-state index contributed by atoms with van der Waals surface area (Å²) in [5, 5.41) is 25.3. The standard InChI is InChI=1S/C23H21N3O3/c1-14-9-11-24-20(12-14)26-21(16-6-8-18(27)19(13-16)29-2)17-7-5-15-4-3-10-25-22(15)23(17)28/h3-13,21,27-28H,1-2H3,(H,24,26)/p+1/t21-/m0/s1. The van der Waals surface area contributed by atoms with Gasteiger partial charge in [-0.05, 0) is 42.8 Å². The first-order chi connectivity index (χ1) is 14.1. The molecular weight excluding hydrogens is 366 g/mol. The Morgan fingerprint density at radius 2 is 1.93 bits per heavy atom. The number of pyridine rings is 2. The van der Waals surface area contributed by atoms with Gasteiger partial charge < -0.3 is 14.9 Å². The number of phenolic OH excluding ortho intramolecular Hbond substituents is 2. The van der Waals surface area contributed by atoms with E-state index in [1.165, 1.54) is 7.11 Å². The van der Waals surface area contributed by atoms with Crippen LogP contribution >= 0.6 is 0 Å². The van der Waals surface area contributed by atoms with Gasteiger partial charge in [0, 0.05) is 28.8 Å². The summed E-state index contributed by atoms with van der Waals surface area (Å²) in [6, 6.07) is 16.2. The third kappa shape index (κ3) is 3.65. The van der Waals surface area contributed by atoms with E-state index < -0.39 is 6.04 Å². The number of methoxy groups -OCH3 is 1. The summed E-state index contributed by atoms with van der Waals surface area (Å²) in [5.74, 6) is 1.32. The van der Waals surface area contributed by atoms with Gasteiger partial charge in [0.2, 0.25) is 0 Å². The zero-order valence-corrected chi connectivity index (χ0v) is 16.2. The highest BCUT2D eigenvalue weighted by Gasteiger charge is 2.25. The van der Waals surface area contributed by atoms with Crippen LogP contribution in [0.3, 0.4) is 0 Å². The van der Waals surface area contributed by atoms with Crippen molar-refractivity contribution in [2.75, 3.05) is 12.4 Å². The maximum absolute atomic E-state index is 11.0. The van der Waals surface area contributed by atoms with Crippen molar-refractivity contribution in [1.82, 2.24) is 4.98 Å². The summed E-state index contributed by atoms with van der Waals surface area (Å²) in [4.78, 5) is 7.52. The molecule has 0 bridgehead atoms. The van der Waals surface area contributed by atoms with Crippen molar-refractivity contribution in [2.24, 2.45) is 0 Å². The minimum absolute atomic E-state index is 0.0570. The minimum atomic E-state index is -0.408. The number of anilines is 1. The molecule has 0 aliphatic rings. The first-order valence-corrected chi connectivity index (χ1v) is 9.25. The Bertz CT molecular complexity index is 1180. The van der Waals surface area contributed by atoms with Crippen LogP contribution in [0, 0.1) is 6.92 Å². The van der Waals surface area contributed by atoms with Crippen LogP contribution < -0.4 is 15.0 Å². The topological polar surface area (TPSA) is 88.8 Å². The van der Waals surface area contributed by atoms with E-state index in [0.717, 1.165) is 22.3 Å². The first kappa shape index (κ1) is 18.6. The Hall–Kier alpha value is -3.80. The molecule has 6 nitrogen and oxygen atoms in total. The molecule has 4 N–H and O–H groups in total. The van der Waals surface area contributed by atoms with Crippen molar-refractivity contribution in [1.29, 1.82) is 0 Å². The largest absolute Gasteiger partial charge is 0.505 e. The lowest BCUT2D eigenvalue weighted by Gasteiger charge is -2.18. The SMILES string of the molecule is COc1cc([C@H](Nc2cc(C)cc[nH+]2)c2ccc3cccnc3c2O)ccc1O. The van der Waals surface area contributed by atoms with Gasteiger partial charge in [-0.25, -0.2) is 4.98 Å². The molecule has 0 fully saturated rings. The monoisotopic (exact) mass is 388 g/mol. The zero-order valence-electron chi connectivity index (χ0n) is 16.2. The zero-order chi connectivity index (χ0) is 20.4. The van der Waals surface area contributed by atoms with Crippen LogP contribution in [0.25, 0.3) is 10.9 Å². The van der Waals surface area contributed by atoms with Gasteiger partial charge in [-0.1, -0.05) is 18.2 Å². The molecule has 146 valence electrons. The number of phenols is 2. The van der Waals surface area contributed by atoms with Gasteiger partial charge in [-0.3, -0.25) is 10.3 Å². The molecule has 29 heavy (non-hydrogen) atoms. The van der Waals surface area contributed by atoms with Gasteiger partial charge in [0.05, 0.1) is 13.3 Å². The van der Waals surface area contributed by atoms with Gasteiger partial charge in [0.25, 0.3) is 5.82 Å². The molecule has 2 aromatic heterocycles. The van der Waals surface area contributed by atoms with E-state index in [1.807, 2.05) is 49.5 Å². The number of ether oxygens (including phenoxy) is 1. The van der Waals surface area contributed by atoms with Crippen LogP contribution in [-0.2, 0) is 0 Å². The number of aryl methyl sites for hydroxylation is 1. The molecular formula is C23H22N3O3+. The van der Waals surface area contributed by atoms with Gasteiger partial charge in [0.1, 0.15) is 17.3 Å². The summed E-state index contributed by atoms with van der Waals surface area (Å²) in [6.45, 7) is 2.01. The Labute approximate surface area is 168 Å². The smallest absolute Gasteiger partial charge is 0.273 e. The summed E-state index contributed by atoms with van der Waals surface area (Å²) in [7, 11) is 1.51. The number of hydrogen-bond donors (Lipinski definition) is 3. The number of rotatable bonds is 5. The summed E-state index contributed by atoms with van der Waals surface area (Å²) in [6.07, 6.45) is 3.51. The fraction of sp³-hybridized carbons (Fsp3) is 0.130. The molecule has 1 atom stereocenters. The Kier molecular flexibility index (Phi) is 4.91. The second kappa shape index (κ2) is 7.67. The predicted octanol–water partition coefficient (Wildman–Crippen LogP) is 3.98. The number of aromatic amines is 1. The molecule has 0 amide bonds. The van der Waals surface area contributed by atoms with Crippen LogP contribution in [0.2, 0.25) is 0 Å². The van der Waals surface area contributed by atoms with E-state index in [1.54, 1.807) is 24.4 Å². The third-order valence-corrected chi connectivity index (χ3v) is 4.88. The fourth-order valence-corrected chi connectivity index (χ4v) is 3.41. The normalized spacial score (nSPS) is 11.9. The maximum atomic E-state index is 11.0. The molecule has 0 radical (unpaired) electrons. The van der Waals surface area contributed by atoms with E-state index >= 15 is 0 Å². The molecule has 0 unspecified atom stereocenters. The number of nitrogens with one attached hydrogen (secondary N) is 2. The minimum Gasteiger partial charge on any atom is -0.505 e. The summed E-state index contributed by atoms with van der Waals surface area (Å²) in [5.41, 5.74) is 3.12. The van der Waals surface area contributed by atoms with E-state index in [0.29, 0.717) is 16.8 Å². The molecule has 0 saturated carbocycles. The van der Waals surface area contributed by atoms with Crippen LogP contribution in [0.15, 0.2) is 67.0 Å². The van der Waals surface area contributed by atoms with Crippen LogP contribution in [-0.4, -0.2) is 22.3 Å². The number of H-pyrrole nitrogens is 1. The average Bonchev–Trinajstić information content (AvgIpc) is 2.73. The number of fused-ring (bicyclic) bond motifs is 1. The molecule has 2 aromatic carbocycles. The van der Waals surface area contributed by atoms with E-state index in [9.17, 15) is 10.2 Å². The second-order valence-corrected chi connectivity index (χ2v) is 6.87. The van der Waals surface area contributed by atoms with Crippen molar-refractivity contribution >= 4 is 16.7 Å². The number of hydrogen-bond acceptors (Lipinski definition) is 5. The molecule has 2 heterocycles. The number of aromatic nitrogens is 2. The molecule has 0 saturated heterocycles. The predicted molar refractivity (Wildman–Crippen MR) is 111 cm³/mol. The van der Waals surface area contributed by atoms with Gasteiger partial charge in [-0.2, -0.15) is 0 Å². The highest BCUT2D eigenvalue weighted by molar-refractivity contribution is 5.86. The molecule has 6 heteroatoms. The maximum Gasteiger partial charge on any atom is 0.273 e. The highest BCUT2D eigenvalue weighted by Crippen LogP contribution is 2.38. The van der Waals surface area contributed by atoms with Crippen molar-refractivity contribution in [3.63, 3.8) is 0 Å². The van der Waals surface area contributed by atoms with Crippen LogP contribution in [0.4, 0.5) is 5.82 Å². The highest BCUT2D eigenvalue weighted by atomic mass is 16.5. The van der Waals surface area contributed by atoms with Crippen molar-refractivity contribution < 1.29 is 19.9 Å². The molecule has 0 aliphatic carbocycles. The van der Waals surface area contributed by atoms with E-state index in [-0.39, 0.29) is 11.5 Å². The van der Waals surface area contributed by atoms with Crippen LogP contribution in [0.5, 0.6) is 17.2 Å². The third-order valence-electron chi connectivity index (χ3n) is 4.88. The summed E-state index contributed by atoms with van der Waals surface area (Å²) < 4.78 is 5.28. The lowest BCUT2D eigenvalue weighted by atomic mass is 9.95.